The molecular formula is C24H31N5O3S. The van der Waals surface area contributed by atoms with E-state index in [2.05, 4.69) is 15.4 Å². The van der Waals surface area contributed by atoms with Crippen molar-refractivity contribution in [2.24, 2.45) is 0 Å². The number of aryl methyl sites for hydroxylation is 3. The van der Waals surface area contributed by atoms with Crippen LogP contribution in [0, 0.1) is 20.8 Å². The third-order valence-corrected chi connectivity index (χ3v) is 8.12. The van der Waals surface area contributed by atoms with Crippen LogP contribution in [0.1, 0.15) is 53.9 Å². The fourth-order valence-electron chi connectivity index (χ4n) is 4.40. The molecule has 0 saturated carbocycles. The van der Waals surface area contributed by atoms with Crippen LogP contribution >= 0.6 is 0 Å². The number of hydrogen-bond donors (Lipinski definition) is 1. The van der Waals surface area contributed by atoms with Gasteiger partial charge in [0, 0.05) is 43.5 Å². The minimum atomic E-state index is -3.49. The van der Waals surface area contributed by atoms with Crippen molar-refractivity contribution < 1.29 is 13.2 Å². The summed E-state index contributed by atoms with van der Waals surface area (Å²) in [6.07, 6.45) is 3.75. The molecule has 0 atom stereocenters. The molecule has 4 rings (SSSR count). The second kappa shape index (κ2) is 9.61. The van der Waals surface area contributed by atoms with Crippen molar-refractivity contribution in [3.05, 3.63) is 58.5 Å². The van der Waals surface area contributed by atoms with Crippen molar-refractivity contribution in [1.29, 1.82) is 0 Å². The minimum Gasteiger partial charge on any atom is -0.352 e. The topological polar surface area (TPSA) is 96.7 Å². The molecule has 1 aliphatic rings. The third-order valence-electron chi connectivity index (χ3n) is 6.23. The predicted molar refractivity (Wildman–Crippen MR) is 126 cm³/mol. The lowest BCUT2D eigenvalue weighted by atomic mass is 10.1. The molecular weight excluding hydrogens is 438 g/mol. The van der Waals surface area contributed by atoms with Gasteiger partial charge >= 0.3 is 0 Å². The van der Waals surface area contributed by atoms with E-state index >= 15 is 0 Å². The van der Waals surface area contributed by atoms with E-state index in [-0.39, 0.29) is 17.3 Å². The Hall–Kier alpha value is -2.78. The van der Waals surface area contributed by atoms with Gasteiger partial charge in [-0.15, -0.1) is 0 Å². The number of sulfonamides is 1. The largest absolute Gasteiger partial charge is 0.352 e. The summed E-state index contributed by atoms with van der Waals surface area (Å²) in [6.45, 7) is 7.31. The number of rotatable bonds is 7. The maximum atomic E-state index is 12.9. The Balaban J connectivity index is 1.38. The Kier molecular flexibility index (Phi) is 6.81. The maximum absolute atomic E-state index is 12.9. The van der Waals surface area contributed by atoms with Gasteiger partial charge in [-0.2, -0.15) is 9.40 Å². The summed E-state index contributed by atoms with van der Waals surface area (Å²) >= 11 is 0. The van der Waals surface area contributed by atoms with Crippen LogP contribution in [0.3, 0.4) is 0 Å². The molecule has 3 heterocycles. The number of piperidine rings is 1. The Morgan fingerprint density at radius 3 is 2.61 bits per heavy atom. The Morgan fingerprint density at radius 1 is 1.09 bits per heavy atom. The smallest absolute Gasteiger partial charge is 0.243 e. The zero-order valence-electron chi connectivity index (χ0n) is 19.5. The minimum absolute atomic E-state index is 0.0881. The summed E-state index contributed by atoms with van der Waals surface area (Å²) in [5.41, 5.74) is 5.41. The second-order valence-corrected chi connectivity index (χ2v) is 10.6. The summed E-state index contributed by atoms with van der Waals surface area (Å²) in [6, 6.07) is 8.80. The van der Waals surface area contributed by atoms with Gasteiger partial charge < -0.3 is 5.32 Å². The zero-order chi connectivity index (χ0) is 23.6. The monoisotopic (exact) mass is 469 g/mol. The van der Waals surface area contributed by atoms with Gasteiger partial charge in [0.2, 0.25) is 15.9 Å². The molecule has 1 aliphatic heterocycles. The third kappa shape index (κ3) is 5.09. The summed E-state index contributed by atoms with van der Waals surface area (Å²) < 4.78 is 29.2. The highest BCUT2D eigenvalue weighted by Crippen LogP contribution is 2.21. The van der Waals surface area contributed by atoms with E-state index in [4.69, 9.17) is 0 Å². The molecule has 1 saturated heterocycles. The summed E-state index contributed by atoms with van der Waals surface area (Å²) in [5, 5.41) is 7.40. The van der Waals surface area contributed by atoms with Gasteiger partial charge in [0.1, 0.15) is 0 Å². The fourth-order valence-corrected chi connectivity index (χ4v) is 5.99. The van der Waals surface area contributed by atoms with Gasteiger partial charge in [-0.3, -0.25) is 4.79 Å². The molecule has 9 heteroatoms. The Morgan fingerprint density at radius 2 is 1.85 bits per heavy atom. The highest BCUT2D eigenvalue weighted by atomic mass is 32.2. The normalized spacial score (nSPS) is 15.1. The standard InChI is InChI=1S/C24H31N5O3S/c1-17-14-23-26-18(2)22(19(3)29(23)27-17)10-11-24(30)25-16-20-8-7-9-21(15-20)33(31,32)28-12-5-4-6-13-28/h7-9,14-15H,4-6,10-13,16H2,1-3H3,(H,25,30). The predicted octanol–water partition coefficient (Wildman–Crippen LogP) is 3.08. The average molecular weight is 470 g/mol. The van der Waals surface area contributed by atoms with Gasteiger partial charge in [0.05, 0.1) is 10.6 Å². The summed E-state index contributed by atoms with van der Waals surface area (Å²) in [4.78, 5) is 17.4. The number of nitrogens with one attached hydrogen (secondary N) is 1. The number of carbonyl (C=O) groups excluding carboxylic acids is 1. The first kappa shape index (κ1) is 23.4. The van der Waals surface area contributed by atoms with E-state index in [1.54, 1.807) is 22.5 Å². The first-order chi connectivity index (χ1) is 15.8. The number of benzene rings is 1. The van der Waals surface area contributed by atoms with E-state index in [9.17, 15) is 13.2 Å². The van der Waals surface area contributed by atoms with Crippen LogP contribution in [0.25, 0.3) is 5.65 Å². The molecule has 1 N–H and O–H groups in total. The number of hydrogen-bond acceptors (Lipinski definition) is 5. The van der Waals surface area contributed by atoms with E-state index in [0.29, 0.717) is 25.9 Å². The quantitative estimate of drug-likeness (QED) is 0.574. The number of amides is 1. The van der Waals surface area contributed by atoms with Gasteiger partial charge in [-0.1, -0.05) is 18.6 Å². The highest BCUT2D eigenvalue weighted by Gasteiger charge is 2.26. The first-order valence-electron chi connectivity index (χ1n) is 11.4. The van der Waals surface area contributed by atoms with Crippen molar-refractivity contribution in [3.8, 4) is 0 Å². The molecule has 0 bridgehead atoms. The van der Waals surface area contributed by atoms with Crippen LogP contribution in [-0.4, -0.2) is 46.3 Å². The molecule has 176 valence electrons. The lowest BCUT2D eigenvalue weighted by molar-refractivity contribution is -0.121. The van der Waals surface area contributed by atoms with Gasteiger partial charge in [-0.05, 0) is 63.3 Å². The van der Waals surface area contributed by atoms with Gasteiger partial charge in [-0.25, -0.2) is 17.9 Å². The van der Waals surface area contributed by atoms with Crippen LogP contribution < -0.4 is 5.32 Å². The van der Waals surface area contributed by atoms with Gasteiger partial charge in [0.15, 0.2) is 5.65 Å². The van der Waals surface area contributed by atoms with E-state index in [0.717, 1.165) is 53.1 Å². The lowest BCUT2D eigenvalue weighted by Crippen LogP contribution is -2.35. The summed E-state index contributed by atoms with van der Waals surface area (Å²) in [5.74, 6) is -0.0881. The van der Waals surface area contributed by atoms with Crippen molar-refractivity contribution >= 4 is 21.6 Å². The van der Waals surface area contributed by atoms with E-state index < -0.39 is 10.0 Å². The number of carbonyl (C=O) groups is 1. The molecule has 0 aliphatic carbocycles. The molecule has 1 aromatic carbocycles. The molecule has 0 radical (unpaired) electrons. The van der Waals surface area contributed by atoms with Crippen LogP contribution in [0.4, 0.5) is 0 Å². The molecule has 33 heavy (non-hydrogen) atoms. The fraction of sp³-hybridized carbons (Fsp3) is 0.458. The first-order valence-corrected chi connectivity index (χ1v) is 12.9. The molecule has 2 aromatic heterocycles. The molecule has 1 fully saturated rings. The molecule has 0 spiro atoms. The van der Waals surface area contributed by atoms with E-state index in [1.807, 2.05) is 37.4 Å². The van der Waals surface area contributed by atoms with Gasteiger partial charge in [0.25, 0.3) is 0 Å². The van der Waals surface area contributed by atoms with E-state index in [1.165, 1.54) is 0 Å². The number of nitrogens with zero attached hydrogens (tertiary/aromatic N) is 4. The number of fused-ring (bicyclic) bond motifs is 1. The zero-order valence-corrected chi connectivity index (χ0v) is 20.3. The van der Waals surface area contributed by atoms with Crippen LogP contribution in [-0.2, 0) is 27.8 Å². The molecule has 3 aromatic rings. The molecule has 0 unspecified atom stereocenters. The van der Waals surface area contributed by atoms with Crippen molar-refractivity contribution in [3.63, 3.8) is 0 Å². The lowest BCUT2D eigenvalue weighted by Gasteiger charge is -2.26. The molecule has 1 amide bonds. The molecule has 8 nitrogen and oxygen atoms in total. The average Bonchev–Trinajstić information content (AvgIpc) is 3.18. The van der Waals surface area contributed by atoms with Crippen LogP contribution in [0.15, 0.2) is 35.2 Å². The Bertz CT molecular complexity index is 1280. The highest BCUT2D eigenvalue weighted by molar-refractivity contribution is 7.89. The SMILES string of the molecule is Cc1cc2nc(C)c(CCC(=O)NCc3cccc(S(=O)(=O)N4CCCCC4)c3)c(C)n2n1. The van der Waals surface area contributed by atoms with Crippen molar-refractivity contribution in [1.82, 2.24) is 24.2 Å². The van der Waals surface area contributed by atoms with Crippen molar-refractivity contribution in [2.75, 3.05) is 13.1 Å². The second-order valence-electron chi connectivity index (χ2n) is 8.71. The summed E-state index contributed by atoms with van der Waals surface area (Å²) in [7, 11) is -3.49. The van der Waals surface area contributed by atoms with Crippen LogP contribution in [0.5, 0.6) is 0 Å². The van der Waals surface area contributed by atoms with Crippen LogP contribution in [0.2, 0.25) is 0 Å². The van der Waals surface area contributed by atoms with Crippen molar-refractivity contribution in [2.45, 2.75) is 64.3 Å². The Labute approximate surface area is 195 Å². The number of aromatic nitrogens is 3. The maximum Gasteiger partial charge on any atom is 0.243 e.